The Bertz CT molecular complexity index is 619. The molecule has 0 aliphatic carbocycles. The fourth-order valence-corrected chi connectivity index (χ4v) is 2.39. The maximum atomic E-state index is 13.9. The van der Waals surface area contributed by atoms with E-state index in [0.717, 1.165) is 4.47 Å². The van der Waals surface area contributed by atoms with Crippen molar-refractivity contribution in [2.45, 2.75) is 12.5 Å². The van der Waals surface area contributed by atoms with E-state index in [1.807, 2.05) is 0 Å². The predicted molar refractivity (Wildman–Crippen MR) is 77.7 cm³/mol. The van der Waals surface area contributed by atoms with Crippen LogP contribution >= 0.6 is 15.9 Å². The number of ether oxygens (including phenoxy) is 1. The molecular formula is C15H14BrF2NO. The number of benzene rings is 2. The van der Waals surface area contributed by atoms with Gasteiger partial charge in [0.15, 0.2) is 0 Å². The fourth-order valence-electron chi connectivity index (χ4n) is 1.98. The zero-order valence-electron chi connectivity index (χ0n) is 10.9. The van der Waals surface area contributed by atoms with Crippen molar-refractivity contribution in [3.8, 4) is 5.75 Å². The second-order valence-electron chi connectivity index (χ2n) is 4.43. The normalized spacial score (nSPS) is 12.2. The van der Waals surface area contributed by atoms with Crippen molar-refractivity contribution in [1.29, 1.82) is 0 Å². The Labute approximate surface area is 124 Å². The first-order valence-electron chi connectivity index (χ1n) is 6.04. The monoisotopic (exact) mass is 341 g/mol. The largest absolute Gasteiger partial charge is 0.497 e. The summed E-state index contributed by atoms with van der Waals surface area (Å²) in [7, 11) is 1.47. The minimum Gasteiger partial charge on any atom is -0.497 e. The van der Waals surface area contributed by atoms with Gasteiger partial charge in [-0.1, -0.05) is 22.0 Å². The number of nitrogens with two attached hydrogens (primary N) is 1. The van der Waals surface area contributed by atoms with Gasteiger partial charge in [0.25, 0.3) is 0 Å². The van der Waals surface area contributed by atoms with Crippen molar-refractivity contribution in [3.63, 3.8) is 0 Å². The van der Waals surface area contributed by atoms with Gasteiger partial charge in [-0.05, 0) is 36.2 Å². The summed E-state index contributed by atoms with van der Waals surface area (Å²) >= 11 is 3.34. The molecule has 0 radical (unpaired) electrons. The maximum Gasteiger partial charge on any atom is 0.131 e. The van der Waals surface area contributed by atoms with Crippen LogP contribution in [0.15, 0.2) is 40.9 Å². The molecule has 1 atom stereocenters. The van der Waals surface area contributed by atoms with Gasteiger partial charge in [-0.25, -0.2) is 8.78 Å². The first kappa shape index (κ1) is 14.9. The molecule has 0 amide bonds. The third kappa shape index (κ3) is 3.35. The first-order chi connectivity index (χ1) is 9.51. The molecule has 20 heavy (non-hydrogen) atoms. The van der Waals surface area contributed by atoms with E-state index in [0.29, 0.717) is 23.3 Å². The van der Waals surface area contributed by atoms with Crippen molar-refractivity contribution in [1.82, 2.24) is 0 Å². The molecule has 2 aromatic rings. The van der Waals surface area contributed by atoms with E-state index >= 15 is 0 Å². The molecule has 0 aliphatic heterocycles. The molecule has 0 bridgehead atoms. The van der Waals surface area contributed by atoms with E-state index in [1.54, 1.807) is 18.2 Å². The number of halogens is 3. The number of rotatable bonds is 4. The SMILES string of the molecule is COc1ccc(C(N)Cc2cc(F)ccc2Br)c(F)c1. The van der Waals surface area contributed by atoms with E-state index < -0.39 is 11.9 Å². The van der Waals surface area contributed by atoms with Crippen molar-refractivity contribution >= 4 is 15.9 Å². The molecule has 106 valence electrons. The van der Waals surface area contributed by atoms with Crippen molar-refractivity contribution in [2.24, 2.45) is 5.73 Å². The Hall–Kier alpha value is -1.46. The summed E-state index contributed by atoms with van der Waals surface area (Å²) in [6.45, 7) is 0. The van der Waals surface area contributed by atoms with Crippen LogP contribution in [-0.4, -0.2) is 7.11 Å². The zero-order valence-corrected chi connectivity index (χ0v) is 12.5. The quantitative estimate of drug-likeness (QED) is 0.912. The third-order valence-electron chi connectivity index (χ3n) is 3.05. The van der Waals surface area contributed by atoms with E-state index in [9.17, 15) is 8.78 Å². The molecule has 1 unspecified atom stereocenters. The second-order valence-corrected chi connectivity index (χ2v) is 5.29. The Kier molecular flexibility index (Phi) is 4.73. The van der Waals surface area contributed by atoms with Gasteiger partial charge in [-0.3, -0.25) is 0 Å². The standard InChI is InChI=1S/C15H14BrF2NO/c1-20-11-3-4-12(14(18)8-11)15(19)7-9-6-10(17)2-5-13(9)16/h2-6,8,15H,7,19H2,1H3. The minimum atomic E-state index is -0.556. The van der Waals surface area contributed by atoms with Crippen LogP contribution < -0.4 is 10.5 Å². The summed E-state index contributed by atoms with van der Waals surface area (Å²) < 4.78 is 32.8. The Morgan fingerprint density at radius 3 is 2.60 bits per heavy atom. The highest BCUT2D eigenvalue weighted by atomic mass is 79.9. The van der Waals surface area contributed by atoms with Gasteiger partial charge in [0.1, 0.15) is 17.4 Å². The number of methoxy groups -OCH3 is 1. The highest BCUT2D eigenvalue weighted by Crippen LogP contribution is 2.26. The van der Waals surface area contributed by atoms with Gasteiger partial charge in [0.2, 0.25) is 0 Å². The molecule has 0 aromatic heterocycles. The van der Waals surface area contributed by atoms with Crippen LogP contribution in [0.2, 0.25) is 0 Å². The van der Waals surface area contributed by atoms with Gasteiger partial charge in [0.05, 0.1) is 7.11 Å². The Morgan fingerprint density at radius 1 is 1.20 bits per heavy atom. The summed E-state index contributed by atoms with van der Waals surface area (Å²) in [5, 5.41) is 0. The average molecular weight is 342 g/mol. The topological polar surface area (TPSA) is 35.2 Å². The van der Waals surface area contributed by atoms with Crippen LogP contribution in [0.3, 0.4) is 0 Å². The predicted octanol–water partition coefficient (Wildman–Crippen LogP) is 3.98. The highest BCUT2D eigenvalue weighted by Gasteiger charge is 2.14. The number of hydrogen-bond donors (Lipinski definition) is 1. The molecule has 2 nitrogen and oxygen atoms in total. The molecule has 2 rings (SSSR count). The lowest BCUT2D eigenvalue weighted by Gasteiger charge is -2.15. The number of hydrogen-bond acceptors (Lipinski definition) is 2. The van der Waals surface area contributed by atoms with Gasteiger partial charge >= 0.3 is 0 Å². The first-order valence-corrected chi connectivity index (χ1v) is 6.83. The van der Waals surface area contributed by atoms with Gasteiger partial charge in [-0.15, -0.1) is 0 Å². The van der Waals surface area contributed by atoms with Crippen LogP contribution in [0.4, 0.5) is 8.78 Å². The average Bonchev–Trinajstić information content (AvgIpc) is 2.42. The maximum absolute atomic E-state index is 13.9. The zero-order chi connectivity index (χ0) is 14.7. The van der Waals surface area contributed by atoms with E-state index in [-0.39, 0.29) is 5.82 Å². The second kappa shape index (κ2) is 6.33. The van der Waals surface area contributed by atoms with E-state index in [2.05, 4.69) is 15.9 Å². The molecule has 0 saturated heterocycles. The van der Waals surface area contributed by atoms with E-state index in [4.69, 9.17) is 10.5 Å². The summed E-state index contributed by atoms with van der Waals surface area (Å²) in [6, 6.07) is 8.33. The molecular weight excluding hydrogens is 328 g/mol. The van der Waals surface area contributed by atoms with Crippen LogP contribution in [0, 0.1) is 11.6 Å². The summed E-state index contributed by atoms with van der Waals surface area (Å²) in [6.07, 6.45) is 0.335. The minimum absolute atomic E-state index is 0.335. The summed E-state index contributed by atoms with van der Waals surface area (Å²) in [5.41, 5.74) is 7.09. The van der Waals surface area contributed by atoms with Gasteiger partial charge in [-0.2, -0.15) is 0 Å². The lowest BCUT2D eigenvalue weighted by molar-refractivity contribution is 0.410. The van der Waals surface area contributed by atoms with Gasteiger partial charge < -0.3 is 10.5 Å². The van der Waals surface area contributed by atoms with Crippen molar-refractivity contribution < 1.29 is 13.5 Å². The lowest BCUT2D eigenvalue weighted by atomic mass is 9.99. The third-order valence-corrected chi connectivity index (χ3v) is 3.83. The summed E-state index contributed by atoms with van der Waals surface area (Å²) in [5.74, 6) is -0.333. The van der Waals surface area contributed by atoms with Crippen molar-refractivity contribution in [2.75, 3.05) is 7.11 Å². The molecule has 0 aliphatic rings. The molecule has 0 saturated carbocycles. The van der Waals surface area contributed by atoms with Crippen LogP contribution in [0.1, 0.15) is 17.2 Å². The molecule has 0 heterocycles. The summed E-state index contributed by atoms with van der Waals surface area (Å²) in [4.78, 5) is 0. The molecule has 5 heteroatoms. The molecule has 0 spiro atoms. The van der Waals surface area contributed by atoms with Gasteiger partial charge in [0, 0.05) is 22.1 Å². The molecule has 2 N–H and O–H groups in total. The van der Waals surface area contributed by atoms with Crippen LogP contribution in [0.5, 0.6) is 5.75 Å². The van der Waals surface area contributed by atoms with E-state index in [1.165, 1.54) is 25.3 Å². The molecule has 2 aromatic carbocycles. The highest BCUT2D eigenvalue weighted by molar-refractivity contribution is 9.10. The van der Waals surface area contributed by atoms with Crippen LogP contribution in [0.25, 0.3) is 0 Å². The molecule has 0 fully saturated rings. The fraction of sp³-hybridized carbons (Fsp3) is 0.200. The van der Waals surface area contributed by atoms with Crippen molar-refractivity contribution in [3.05, 3.63) is 63.6 Å². The Balaban J connectivity index is 2.23. The Morgan fingerprint density at radius 2 is 1.95 bits per heavy atom. The lowest BCUT2D eigenvalue weighted by Crippen LogP contribution is -2.15. The van der Waals surface area contributed by atoms with Crippen LogP contribution in [-0.2, 0) is 6.42 Å². The smallest absolute Gasteiger partial charge is 0.131 e.